The van der Waals surface area contributed by atoms with Crippen LogP contribution in [0.4, 0.5) is 0 Å². The first-order chi connectivity index (χ1) is 43.4. The van der Waals surface area contributed by atoms with E-state index in [4.69, 9.17) is 54.8 Å². The number of fused-ring (bicyclic) bond motifs is 12. The van der Waals surface area contributed by atoms with Gasteiger partial charge in [0, 0.05) is 209 Å². The van der Waals surface area contributed by atoms with Crippen LogP contribution in [-0.2, 0) is 0 Å². The van der Waals surface area contributed by atoms with E-state index in [1.54, 1.807) is 19.0 Å². The molecule has 0 aliphatic heterocycles. The third kappa shape index (κ3) is 3.41. The van der Waals surface area contributed by atoms with Crippen LogP contribution in [0.1, 0.15) is 22.5 Å². The molecular formula is C77H27N11. The highest BCUT2D eigenvalue weighted by Gasteiger charge is 2.40. The third-order valence-electron chi connectivity index (χ3n) is 23.5. The molecule has 11 heteroatoms. The van der Waals surface area contributed by atoms with Gasteiger partial charge in [-0.15, -0.1) is 0 Å². The van der Waals surface area contributed by atoms with E-state index in [2.05, 4.69) is 94.9 Å². The van der Waals surface area contributed by atoms with Gasteiger partial charge < -0.3 is 0 Å². The average molecular weight is 1110 g/mol. The molecule has 28 rings (SSSR count). The number of aromatic nitrogens is 11. The molecule has 0 amide bonds. The molecular weight excluding hydrogens is 1080 g/mol. The lowest BCUT2D eigenvalue weighted by Crippen LogP contribution is -2.06. The van der Waals surface area contributed by atoms with Crippen molar-refractivity contribution >= 4 is 292 Å². The summed E-state index contributed by atoms with van der Waals surface area (Å²) in [5.41, 5.74) is 12.8. The topological polar surface area (TPSA) is 142 Å². The van der Waals surface area contributed by atoms with Crippen LogP contribution in [0.5, 0.6) is 0 Å². The average Bonchev–Trinajstić information content (AvgIpc) is 0.637. The minimum absolute atomic E-state index is 0.835. The molecule has 0 saturated heterocycles. The van der Waals surface area contributed by atoms with Crippen molar-refractivity contribution in [3.8, 4) is 0 Å². The van der Waals surface area contributed by atoms with Crippen LogP contribution in [0.25, 0.3) is 292 Å². The van der Waals surface area contributed by atoms with Crippen LogP contribution < -0.4 is 0 Å². The lowest BCUT2D eigenvalue weighted by molar-refractivity contribution is 1.23. The van der Waals surface area contributed by atoms with Gasteiger partial charge in [0.1, 0.15) is 30.0 Å². The monoisotopic (exact) mass is 1110 g/mol. The summed E-state index contributed by atoms with van der Waals surface area (Å²) in [4.78, 5) is 59.2. The van der Waals surface area contributed by atoms with Gasteiger partial charge in [-0.25, -0.2) is 29.9 Å². The maximum Gasteiger partial charge on any atom is 0.116 e. The Kier molecular flexibility index (Phi) is 5.40. The number of nitrogens with zero attached hydrogens (tertiary/aromatic N) is 11. The highest BCUT2D eigenvalue weighted by atomic mass is 14.9. The fourth-order valence-electron chi connectivity index (χ4n) is 20.9. The smallest absolute Gasteiger partial charge is 0.116 e. The van der Waals surface area contributed by atoms with Gasteiger partial charge in [0.25, 0.3) is 0 Å². The largest absolute Gasteiger partial charge is 0.260 e. The van der Waals surface area contributed by atoms with Crippen LogP contribution >= 0.6 is 0 Å². The molecule has 390 valence electrons. The van der Waals surface area contributed by atoms with E-state index in [1.165, 1.54) is 194 Å². The zero-order valence-corrected chi connectivity index (χ0v) is 46.6. The summed E-state index contributed by atoms with van der Waals surface area (Å²) in [6.45, 7) is 8.97. The molecule has 0 bridgehead atoms. The fourth-order valence-corrected chi connectivity index (χ4v) is 20.9. The van der Waals surface area contributed by atoms with Gasteiger partial charge in [-0.2, -0.15) is 0 Å². The second-order valence-electron chi connectivity index (χ2n) is 26.5. The zero-order chi connectivity index (χ0) is 55.9. The highest BCUT2D eigenvalue weighted by molar-refractivity contribution is 6.67. The quantitative estimate of drug-likeness (QED) is 0.106. The number of hydrogen-bond donors (Lipinski definition) is 0. The summed E-state index contributed by atoms with van der Waals surface area (Å²) in [6.07, 6.45) is 15.7. The van der Waals surface area contributed by atoms with Gasteiger partial charge >= 0.3 is 0 Å². The van der Waals surface area contributed by atoms with Crippen LogP contribution in [0.2, 0.25) is 0 Å². The highest BCUT2D eigenvalue weighted by Crippen LogP contribution is 2.66. The number of aryl methyl sites for hydroxylation is 4. The molecule has 8 aromatic heterocycles. The first kappa shape index (κ1) is 40.6. The molecule has 28 aromatic rings. The van der Waals surface area contributed by atoms with Crippen LogP contribution in [-0.4, -0.2) is 54.8 Å². The van der Waals surface area contributed by atoms with E-state index in [0.717, 1.165) is 120 Å². The second-order valence-corrected chi connectivity index (χ2v) is 26.5. The van der Waals surface area contributed by atoms with Crippen LogP contribution in [0.3, 0.4) is 0 Å². The van der Waals surface area contributed by atoms with Gasteiger partial charge in [0.2, 0.25) is 0 Å². The van der Waals surface area contributed by atoms with E-state index in [1.807, 2.05) is 6.20 Å². The predicted octanol–water partition coefficient (Wildman–Crippen LogP) is 19.0. The van der Waals surface area contributed by atoms with Crippen molar-refractivity contribution in [1.82, 2.24) is 54.8 Å². The Balaban J connectivity index is 1.02. The molecule has 0 aliphatic rings. The molecule has 0 unspecified atom stereocenters. The molecule has 0 fully saturated rings. The Morgan fingerprint density at radius 2 is 0.489 bits per heavy atom. The van der Waals surface area contributed by atoms with E-state index in [-0.39, 0.29) is 0 Å². The van der Waals surface area contributed by atoms with Crippen molar-refractivity contribution in [3.63, 3.8) is 0 Å². The Bertz CT molecular complexity index is 7780. The van der Waals surface area contributed by atoms with Crippen molar-refractivity contribution in [3.05, 3.63) is 115 Å². The van der Waals surface area contributed by atoms with Gasteiger partial charge in [-0.1, -0.05) is 24.3 Å². The summed E-state index contributed by atoms with van der Waals surface area (Å²) < 4.78 is 0. The standard InChI is InChI=1S/C77H27N11/c1-20-5-7-24-27-11-30-43-44-29(70-64-47-33(15-81-70)72-49-26(9-10-78-72)69-66-61-56-45-31(73(66)84-17-83-69)13-79-22(3)37(45)35(20)39(24)52(56)54(41(27)50(43)64)58(47)60(49)61)12-28-25-8-6-21(2)36-38-23(4)80-14-32-46(38)57-53(40(25)36)55-42(28)51(44)65-48-34(16-82-71(30)65)75-68-63(59(48)55)62(57)67-74(32)85-18-87-76(67)77(68)88-19-86-75/h5-19H,1-4H3. The van der Waals surface area contributed by atoms with Gasteiger partial charge in [0.15, 0.2) is 0 Å². The minimum Gasteiger partial charge on any atom is -0.260 e. The van der Waals surface area contributed by atoms with Crippen LogP contribution in [0, 0.1) is 27.7 Å². The van der Waals surface area contributed by atoms with Crippen molar-refractivity contribution in [2.45, 2.75) is 27.7 Å². The van der Waals surface area contributed by atoms with Crippen molar-refractivity contribution < 1.29 is 0 Å². The first-order valence-electron chi connectivity index (χ1n) is 30.3. The van der Waals surface area contributed by atoms with Gasteiger partial charge in [-0.05, 0) is 132 Å². The Labute approximate surface area is 486 Å². The third-order valence-corrected chi connectivity index (χ3v) is 23.5. The van der Waals surface area contributed by atoms with Crippen molar-refractivity contribution in [2.75, 3.05) is 0 Å². The lowest BCUT2D eigenvalue weighted by Gasteiger charge is -2.32. The number of benzene rings is 20. The molecule has 0 aliphatic carbocycles. The van der Waals surface area contributed by atoms with Gasteiger partial charge in [0.05, 0.1) is 38.6 Å². The first-order valence-corrected chi connectivity index (χ1v) is 30.3. The second kappa shape index (κ2) is 11.7. The maximum absolute atomic E-state index is 5.91. The zero-order valence-electron chi connectivity index (χ0n) is 46.6. The summed E-state index contributed by atoms with van der Waals surface area (Å²) in [7, 11) is 0. The van der Waals surface area contributed by atoms with Crippen molar-refractivity contribution in [1.29, 1.82) is 0 Å². The normalized spacial score (nSPS) is 14.4. The Morgan fingerprint density at radius 3 is 0.943 bits per heavy atom. The fraction of sp³-hybridized carbons (Fsp3) is 0.0519. The summed E-state index contributed by atoms with van der Waals surface area (Å²) in [5.74, 6) is 0. The lowest BCUT2D eigenvalue weighted by atomic mass is 9.71. The Morgan fingerprint density at radius 1 is 0.182 bits per heavy atom. The molecule has 0 radical (unpaired) electrons. The molecule has 11 nitrogen and oxygen atoms in total. The van der Waals surface area contributed by atoms with Crippen molar-refractivity contribution in [2.24, 2.45) is 0 Å². The summed E-state index contributed by atoms with van der Waals surface area (Å²) in [5, 5.41) is 54.2. The number of hydrogen-bond acceptors (Lipinski definition) is 11. The molecule has 20 aromatic carbocycles. The number of pyridine rings is 5. The molecule has 0 spiro atoms. The predicted molar refractivity (Wildman–Crippen MR) is 362 cm³/mol. The molecule has 0 atom stereocenters. The minimum atomic E-state index is 0.835. The summed E-state index contributed by atoms with van der Waals surface area (Å²) >= 11 is 0. The maximum atomic E-state index is 5.91. The van der Waals surface area contributed by atoms with Crippen LogP contribution in [0.15, 0.2) is 92.4 Å². The molecule has 88 heavy (non-hydrogen) atoms. The summed E-state index contributed by atoms with van der Waals surface area (Å²) in [6, 6.07) is 16.9. The molecule has 0 saturated carbocycles. The molecule has 0 N–H and O–H groups in total. The number of rotatable bonds is 0. The van der Waals surface area contributed by atoms with E-state index in [9.17, 15) is 0 Å². The van der Waals surface area contributed by atoms with E-state index < -0.39 is 0 Å². The van der Waals surface area contributed by atoms with Gasteiger partial charge in [-0.3, -0.25) is 24.9 Å². The molecule has 8 heterocycles. The SMILES string of the molecule is Cc1ncc2c3ncnc4c5ccnc6c7cnc8c9cc%10c%11ccc(C)c%12c%13c(C)ncc%14c%15ncnc%16c%17ncnc%18c%19cnc%20c%21cc%22c%23ccc(C)c%24c1c2c1c(c43)c(c56)c2c7c8c(c%21c9c3c%10c4c(c%11%12)c(c%14%13)c(c%15%16)c(c%18%17)c4c%19c%203)c%22c2c1c%23%24. The Hall–Kier alpha value is -11.7. The van der Waals surface area contributed by atoms with E-state index >= 15 is 0 Å². The van der Waals surface area contributed by atoms with E-state index in [0.29, 0.717) is 0 Å².